The lowest BCUT2D eigenvalue weighted by molar-refractivity contribution is -0.133. The van der Waals surface area contributed by atoms with Gasteiger partial charge in [-0.25, -0.2) is 0 Å². The summed E-state index contributed by atoms with van der Waals surface area (Å²) >= 11 is 1.82. The summed E-state index contributed by atoms with van der Waals surface area (Å²) in [5, 5.41) is 5.48. The summed E-state index contributed by atoms with van der Waals surface area (Å²) in [5.74, 6) is 0.270. The van der Waals surface area contributed by atoms with E-state index in [-0.39, 0.29) is 18.3 Å². The van der Waals surface area contributed by atoms with Gasteiger partial charge in [0.1, 0.15) is 0 Å². The van der Waals surface area contributed by atoms with Crippen LogP contribution in [0.25, 0.3) is 0 Å². The van der Waals surface area contributed by atoms with Gasteiger partial charge >= 0.3 is 0 Å². The van der Waals surface area contributed by atoms with Gasteiger partial charge < -0.3 is 10.2 Å². The van der Waals surface area contributed by atoms with Crippen LogP contribution in [0.2, 0.25) is 0 Å². The summed E-state index contributed by atoms with van der Waals surface area (Å²) in [6.45, 7) is 4.31. The number of nitrogens with one attached hydrogen (secondary N) is 1. The first kappa shape index (κ1) is 15.8. The van der Waals surface area contributed by atoms with Gasteiger partial charge in [0.15, 0.2) is 0 Å². The topological polar surface area (TPSA) is 35.6 Å². The summed E-state index contributed by atoms with van der Waals surface area (Å²) in [4.78, 5) is 18.0. The fraction of sp³-hybridized carbons (Fsp3) is 0.643. The number of carbonyl (C=O) groups excluding carboxylic acids is 1. The summed E-state index contributed by atoms with van der Waals surface area (Å²) < 4.78 is 0. The largest absolute Gasteiger partial charge is 0.337 e. The van der Waals surface area contributed by atoms with E-state index in [0.717, 1.165) is 39.0 Å². The lowest BCUT2D eigenvalue weighted by atomic mass is 10.1. The Bertz CT molecular complexity index is 459. The van der Waals surface area contributed by atoms with Gasteiger partial charge in [0, 0.05) is 30.6 Å². The maximum atomic E-state index is 12.4. The lowest BCUT2D eigenvalue weighted by Crippen LogP contribution is -2.44. The molecule has 3 heterocycles. The summed E-state index contributed by atoms with van der Waals surface area (Å²) in [6, 6.07) is 2.68. The van der Waals surface area contributed by atoms with Crippen LogP contribution in [0, 0.1) is 0 Å². The molecule has 1 aromatic rings. The molecule has 6 heteroatoms. The van der Waals surface area contributed by atoms with E-state index in [1.54, 1.807) is 0 Å². The minimum atomic E-state index is 0. The Morgan fingerprint density at radius 1 is 1.60 bits per heavy atom. The number of carbonyl (C=O) groups is 1. The van der Waals surface area contributed by atoms with E-state index in [1.807, 2.05) is 16.2 Å². The highest BCUT2D eigenvalue weighted by Gasteiger charge is 2.25. The van der Waals surface area contributed by atoms with Crippen molar-refractivity contribution in [2.45, 2.75) is 25.4 Å². The van der Waals surface area contributed by atoms with Gasteiger partial charge in [-0.2, -0.15) is 0 Å². The fourth-order valence-corrected chi connectivity index (χ4v) is 3.81. The zero-order chi connectivity index (χ0) is 13.2. The predicted molar refractivity (Wildman–Crippen MR) is 84.6 cm³/mol. The van der Waals surface area contributed by atoms with E-state index in [9.17, 15) is 4.79 Å². The molecule has 1 aromatic heterocycles. The van der Waals surface area contributed by atoms with Gasteiger partial charge in [0.2, 0.25) is 5.91 Å². The number of likely N-dealkylation sites (N-methyl/N-ethyl adjacent to an activating group) is 1. The number of hydrogen-bond donors (Lipinski definition) is 1. The zero-order valence-corrected chi connectivity index (χ0v) is 13.4. The minimum absolute atomic E-state index is 0. The SMILES string of the molecule is CN(CC(=O)N1CCc2sccc2C1)C1CCNC1.Cl. The first-order valence-electron chi connectivity index (χ1n) is 6.98. The van der Waals surface area contributed by atoms with Gasteiger partial charge in [-0.15, -0.1) is 23.7 Å². The minimum Gasteiger partial charge on any atom is -0.337 e. The van der Waals surface area contributed by atoms with E-state index in [1.165, 1.54) is 10.4 Å². The molecule has 1 amide bonds. The number of rotatable bonds is 3. The monoisotopic (exact) mass is 315 g/mol. The molecule has 3 rings (SSSR count). The van der Waals surface area contributed by atoms with Crippen molar-refractivity contribution >= 4 is 29.7 Å². The Hall–Kier alpha value is -0.620. The van der Waals surface area contributed by atoms with Gasteiger partial charge in [-0.3, -0.25) is 9.69 Å². The average molecular weight is 316 g/mol. The molecular formula is C14H22ClN3OS. The molecule has 2 aliphatic heterocycles. The molecule has 1 N–H and O–H groups in total. The van der Waals surface area contributed by atoms with Crippen molar-refractivity contribution < 1.29 is 4.79 Å². The zero-order valence-electron chi connectivity index (χ0n) is 11.8. The molecule has 0 aromatic carbocycles. The maximum Gasteiger partial charge on any atom is 0.237 e. The Morgan fingerprint density at radius 3 is 3.20 bits per heavy atom. The molecule has 2 aliphatic rings. The van der Waals surface area contributed by atoms with Crippen LogP contribution in [0.4, 0.5) is 0 Å². The van der Waals surface area contributed by atoms with Gasteiger partial charge in [0.25, 0.3) is 0 Å². The van der Waals surface area contributed by atoms with Gasteiger partial charge in [-0.1, -0.05) is 0 Å². The lowest BCUT2D eigenvalue weighted by Gasteiger charge is -2.30. The first-order chi connectivity index (χ1) is 9.24. The van der Waals surface area contributed by atoms with Crippen molar-refractivity contribution in [3.8, 4) is 0 Å². The second-order valence-electron chi connectivity index (χ2n) is 5.50. The molecule has 4 nitrogen and oxygen atoms in total. The molecule has 1 saturated heterocycles. The van der Waals surface area contributed by atoms with Crippen molar-refractivity contribution in [2.24, 2.45) is 0 Å². The van der Waals surface area contributed by atoms with E-state index in [2.05, 4.69) is 28.7 Å². The second kappa shape index (κ2) is 6.89. The highest BCUT2D eigenvalue weighted by molar-refractivity contribution is 7.10. The fourth-order valence-electron chi connectivity index (χ4n) is 2.92. The molecule has 20 heavy (non-hydrogen) atoms. The van der Waals surface area contributed by atoms with Crippen LogP contribution in [0.15, 0.2) is 11.4 Å². The molecule has 1 atom stereocenters. The second-order valence-corrected chi connectivity index (χ2v) is 6.50. The molecule has 0 radical (unpaired) electrons. The van der Waals surface area contributed by atoms with Crippen molar-refractivity contribution in [2.75, 3.05) is 33.2 Å². The highest BCUT2D eigenvalue weighted by atomic mass is 35.5. The number of thiophene rings is 1. The number of hydrogen-bond acceptors (Lipinski definition) is 4. The van der Waals surface area contributed by atoms with Crippen LogP contribution < -0.4 is 5.32 Å². The quantitative estimate of drug-likeness (QED) is 0.914. The van der Waals surface area contributed by atoms with Crippen LogP contribution in [0.1, 0.15) is 16.9 Å². The molecule has 1 unspecified atom stereocenters. The van der Waals surface area contributed by atoms with Crippen LogP contribution in [-0.2, 0) is 17.8 Å². The van der Waals surface area contributed by atoms with Crippen LogP contribution in [0.3, 0.4) is 0 Å². The van der Waals surface area contributed by atoms with Crippen LogP contribution >= 0.6 is 23.7 Å². The van der Waals surface area contributed by atoms with Crippen molar-refractivity contribution in [3.63, 3.8) is 0 Å². The first-order valence-corrected chi connectivity index (χ1v) is 7.86. The number of halogens is 1. The number of fused-ring (bicyclic) bond motifs is 1. The third-order valence-corrected chi connectivity index (χ3v) is 5.23. The van der Waals surface area contributed by atoms with Crippen molar-refractivity contribution in [3.05, 3.63) is 21.9 Å². The molecular weight excluding hydrogens is 294 g/mol. The molecule has 0 bridgehead atoms. The third kappa shape index (κ3) is 3.34. The Balaban J connectivity index is 0.00000147. The number of amides is 1. The van der Waals surface area contributed by atoms with Gasteiger partial charge in [-0.05, 0) is 43.4 Å². The molecule has 0 spiro atoms. The molecule has 0 saturated carbocycles. The van der Waals surface area contributed by atoms with Crippen molar-refractivity contribution in [1.29, 1.82) is 0 Å². The number of nitrogens with zero attached hydrogens (tertiary/aromatic N) is 2. The smallest absolute Gasteiger partial charge is 0.237 e. The molecule has 1 fully saturated rings. The standard InChI is InChI=1S/C14H21N3OS.ClH/c1-16(12-2-5-15-8-12)10-14(18)17-6-3-13-11(9-17)4-7-19-13;/h4,7,12,15H,2-3,5-6,8-10H2,1H3;1H. The third-order valence-electron chi connectivity index (χ3n) is 4.20. The Kier molecular flexibility index (Phi) is 5.43. The molecule has 0 aliphatic carbocycles. The predicted octanol–water partition coefficient (Wildman–Crippen LogP) is 1.35. The van der Waals surface area contributed by atoms with Crippen molar-refractivity contribution in [1.82, 2.24) is 15.1 Å². The van der Waals surface area contributed by atoms with Gasteiger partial charge in [0.05, 0.1) is 6.54 Å². The summed E-state index contributed by atoms with van der Waals surface area (Å²) in [6.07, 6.45) is 2.17. The van der Waals surface area contributed by atoms with Crippen LogP contribution in [-0.4, -0.2) is 55.0 Å². The summed E-state index contributed by atoms with van der Waals surface area (Å²) in [5.41, 5.74) is 1.34. The Morgan fingerprint density at radius 2 is 2.45 bits per heavy atom. The van der Waals surface area contributed by atoms with E-state index in [4.69, 9.17) is 0 Å². The Labute approximate surface area is 130 Å². The van der Waals surface area contributed by atoms with E-state index < -0.39 is 0 Å². The maximum absolute atomic E-state index is 12.4. The van der Waals surface area contributed by atoms with E-state index >= 15 is 0 Å². The average Bonchev–Trinajstić information content (AvgIpc) is 3.09. The highest BCUT2D eigenvalue weighted by Crippen LogP contribution is 2.24. The van der Waals surface area contributed by atoms with Crippen LogP contribution in [0.5, 0.6) is 0 Å². The normalized spacial score (nSPS) is 21.7. The van der Waals surface area contributed by atoms with E-state index in [0.29, 0.717) is 12.6 Å². The molecule has 112 valence electrons. The summed E-state index contributed by atoms with van der Waals surface area (Å²) in [7, 11) is 2.07.